The lowest BCUT2D eigenvalue weighted by Crippen LogP contribution is -2.37. The number of hydrogen-bond donors (Lipinski definition) is 2. The van der Waals surface area contributed by atoms with Gasteiger partial charge < -0.3 is 9.84 Å². The average Bonchev–Trinajstić information content (AvgIpc) is 2.46. The Bertz CT molecular complexity index is 860. The van der Waals surface area contributed by atoms with Crippen molar-refractivity contribution in [1.29, 1.82) is 0 Å². The Labute approximate surface area is 123 Å². The van der Waals surface area contributed by atoms with Crippen LogP contribution in [0.25, 0.3) is 5.69 Å². The number of rotatable bonds is 4. The number of benzene rings is 1. The van der Waals surface area contributed by atoms with E-state index in [9.17, 15) is 24.3 Å². The van der Waals surface area contributed by atoms with Gasteiger partial charge in [0.1, 0.15) is 11.3 Å². The van der Waals surface area contributed by atoms with Crippen molar-refractivity contribution in [3.8, 4) is 11.4 Å². The van der Waals surface area contributed by atoms with E-state index in [0.29, 0.717) is 5.75 Å². The Morgan fingerprint density at radius 3 is 2.23 bits per heavy atom. The summed E-state index contributed by atoms with van der Waals surface area (Å²) >= 11 is 0. The Balaban J connectivity index is 2.87. The lowest BCUT2D eigenvalue weighted by atomic mass is 10.1. The molecule has 0 radical (unpaired) electrons. The normalized spacial score (nSPS) is 10.3. The molecule has 8 nitrogen and oxygen atoms in total. The zero-order chi connectivity index (χ0) is 16.4. The van der Waals surface area contributed by atoms with E-state index in [4.69, 9.17) is 4.74 Å². The SMILES string of the molecule is COc1ccc(-n2c(C(=O)O)c(C(C)=O)c(=O)[nH]c2=O)cc1. The molecule has 1 aromatic heterocycles. The van der Waals surface area contributed by atoms with Crippen LogP contribution in [0, 0.1) is 0 Å². The number of nitrogens with one attached hydrogen (secondary N) is 1. The molecule has 0 aliphatic rings. The fourth-order valence-corrected chi connectivity index (χ4v) is 2.04. The molecule has 0 fully saturated rings. The number of carbonyl (C=O) groups excluding carboxylic acids is 1. The van der Waals surface area contributed by atoms with Crippen LogP contribution in [-0.2, 0) is 0 Å². The van der Waals surface area contributed by atoms with E-state index < -0.39 is 34.3 Å². The molecule has 2 aromatic rings. The fourth-order valence-electron chi connectivity index (χ4n) is 2.04. The molecule has 0 unspecified atom stereocenters. The highest BCUT2D eigenvalue weighted by molar-refractivity contribution is 6.03. The highest BCUT2D eigenvalue weighted by atomic mass is 16.5. The quantitative estimate of drug-likeness (QED) is 0.791. The molecule has 0 saturated heterocycles. The van der Waals surface area contributed by atoms with Crippen LogP contribution in [0.1, 0.15) is 27.8 Å². The van der Waals surface area contributed by atoms with Gasteiger partial charge in [-0.3, -0.25) is 19.1 Å². The van der Waals surface area contributed by atoms with E-state index in [1.807, 2.05) is 4.98 Å². The number of nitrogens with zero attached hydrogens (tertiary/aromatic N) is 1. The summed E-state index contributed by atoms with van der Waals surface area (Å²) < 4.78 is 5.74. The minimum atomic E-state index is -1.55. The lowest BCUT2D eigenvalue weighted by Gasteiger charge is -2.12. The van der Waals surface area contributed by atoms with Crippen LogP contribution >= 0.6 is 0 Å². The summed E-state index contributed by atoms with van der Waals surface area (Å²) in [6, 6.07) is 5.92. The van der Waals surface area contributed by atoms with E-state index in [1.165, 1.54) is 31.4 Å². The molecule has 0 aliphatic carbocycles. The van der Waals surface area contributed by atoms with Crippen molar-refractivity contribution in [2.75, 3.05) is 7.11 Å². The van der Waals surface area contributed by atoms with Gasteiger partial charge in [-0.25, -0.2) is 9.59 Å². The predicted molar refractivity (Wildman–Crippen MR) is 76.2 cm³/mol. The number of aromatic carboxylic acids is 1. The molecular formula is C14H12N2O6. The van der Waals surface area contributed by atoms with Crippen LogP contribution in [0.4, 0.5) is 0 Å². The number of Topliss-reactive ketones (excluding diaryl/α,β-unsaturated/α-hetero) is 1. The molecule has 0 amide bonds. The minimum Gasteiger partial charge on any atom is -0.497 e. The van der Waals surface area contributed by atoms with Gasteiger partial charge in [0.2, 0.25) is 0 Å². The summed E-state index contributed by atoms with van der Waals surface area (Å²) in [5.74, 6) is -1.80. The summed E-state index contributed by atoms with van der Waals surface area (Å²) in [5, 5.41) is 9.32. The molecule has 2 N–H and O–H groups in total. The minimum absolute atomic E-state index is 0.182. The molecule has 1 heterocycles. The van der Waals surface area contributed by atoms with Crippen molar-refractivity contribution < 1.29 is 19.4 Å². The van der Waals surface area contributed by atoms with Crippen molar-refractivity contribution in [2.45, 2.75) is 6.92 Å². The van der Waals surface area contributed by atoms with Crippen molar-refractivity contribution in [1.82, 2.24) is 9.55 Å². The van der Waals surface area contributed by atoms with Crippen LogP contribution in [0.5, 0.6) is 5.75 Å². The zero-order valence-corrected chi connectivity index (χ0v) is 11.7. The first-order chi connectivity index (χ1) is 10.4. The molecule has 0 saturated carbocycles. The number of carboxylic acids is 1. The Hall–Kier alpha value is -3.16. The summed E-state index contributed by atoms with van der Waals surface area (Å²) in [6.07, 6.45) is 0. The highest BCUT2D eigenvalue weighted by Crippen LogP contribution is 2.16. The van der Waals surface area contributed by atoms with Crippen molar-refractivity contribution in [3.05, 3.63) is 56.4 Å². The third kappa shape index (κ3) is 2.53. The highest BCUT2D eigenvalue weighted by Gasteiger charge is 2.24. The van der Waals surface area contributed by atoms with Gasteiger partial charge in [0, 0.05) is 0 Å². The van der Waals surface area contributed by atoms with E-state index in [0.717, 1.165) is 11.5 Å². The van der Waals surface area contributed by atoms with E-state index in [1.54, 1.807) is 0 Å². The lowest BCUT2D eigenvalue weighted by molar-refractivity contribution is 0.0681. The molecular weight excluding hydrogens is 292 g/mol. The first kappa shape index (κ1) is 15.2. The van der Waals surface area contributed by atoms with Crippen molar-refractivity contribution in [2.24, 2.45) is 0 Å². The largest absolute Gasteiger partial charge is 0.497 e. The zero-order valence-electron chi connectivity index (χ0n) is 11.7. The Kier molecular flexibility index (Phi) is 3.93. The van der Waals surface area contributed by atoms with Crippen LogP contribution < -0.4 is 16.0 Å². The van der Waals surface area contributed by atoms with Gasteiger partial charge in [0.25, 0.3) is 5.56 Å². The third-order valence-electron chi connectivity index (χ3n) is 3.00. The van der Waals surface area contributed by atoms with Gasteiger partial charge in [-0.2, -0.15) is 0 Å². The van der Waals surface area contributed by atoms with Gasteiger partial charge in [-0.15, -0.1) is 0 Å². The van der Waals surface area contributed by atoms with Gasteiger partial charge >= 0.3 is 11.7 Å². The number of H-pyrrole nitrogens is 1. The van der Waals surface area contributed by atoms with Crippen LogP contribution in [0.2, 0.25) is 0 Å². The summed E-state index contributed by atoms with van der Waals surface area (Å²) in [5.41, 5.74) is -3.05. The maximum Gasteiger partial charge on any atom is 0.354 e. The summed E-state index contributed by atoms with van der Waals surface area (Å²) in [7, 11) is 1.46. The standard InChI is InChI=1S/C14H12N2O6/c1-7(17)10-11(13(19)20)16(14(21)15-12(10)18)8-3-5-9(22-2)6-4-8/h3-6H,1-2H3,(H,19,20)(H,15,18,21). The van der Waals surface area contributed by atoms with E-state index in [-0.39, 0.29) is 5.69 Å². The molecule has 1 aromatic carbocycles. The van der Waals surface area contributed by atoms with Crippen molar-refractivity contribution in [3.63, 3.8) is 0 Å². The first-order valence-corrected chi connectivity index (χ1v) is 6.14. The topological polar surface area (TPSA) is 118 Å². The summed E-state index contributed by atoms with van der Waals surface area (Å²) in [4.78, 5) is 48.7. The third-order valence-corrected chi connectivity index (χ3v) is 3.00. The van der Waals surface area contributed by atoms with Crippen LogP contribution in [0.15, 0.2) is 33.9 Å². The molecule has 8 heteroatoms. The number of ketones is 1. The number of hydrogen-bond acceptors (Lipinski definition) is 5. The molecule has 0 spiro atoms. The summed E-state index contributed by atoms with van der Waals surface area (Å²) in [6.45, 7) is 1.06. The second-order valence-electron chi connectivity index (χ2n) is 4.38. The smallest absolute Gasteiger partial charge is 0.354 e. The first-order valence-electron chi connectivity index (χ1n) is 6.14. The van der Waals surface area contributed by atoms with Gasteiger partial charge in [-0.1, -0.05) is 0 Å². The predicted octanol–water partition coefficient (Wildman–Crippen LogP) is 0.435. The number of aromatic amines is 1. The molecule has 0 aliphatic heterocycles. The molecule has 0 atom stereocenters. The maximum atomic E-state index is 12.0. The monoisotopic (exact) mass is 304 g/mol. The van der Waals surface area contributed by atoms with Crippen molar-refractivity contribution >= 4 is 11.8 Å². The average molecular weight is 304 g/mol. The van der Waals surface area contributed by atoms with Gasteiger partial charge in [-0.05, 0) is 31.2 Å². The number of aromatic nitrogens is 2. The molecule has 2 rings (SSSR count). The number of carboxylic acid groups (broad SMARTS) is 1. The molecule has 114 valence electrons. The number of ether oxygens (including phenoxy) is 1. The fraction of sp³-hybridized carbons (Fsp3) is 0.143. The number of carbonyl (C=O) groups is 2. The van der Waals surface area contributed by atoms with Gasteiger partial charge in [0.15, 0.2) is 11.5 Å². The number of methoxy groups -OCH3 is 1. The molecule has 0 bridgehead atoms. The van der Waals surface area contributed by atoms with E-state index >= 15 is 0 Å². The van der Waals surface area contributed by atoms with Crippen LogP contribution in [0.3, 0.4) is 0 Å². The Morgan fingerprint density at radius 2 is 1.77 bits per heavy atom. The maximum absolute atomic E-state index is 12.0. The molecule has 22 heavy (non-hydrogen) atoms. The second-order valence-corrected chi connectivity index (χ2v) is 4.38. The second kappa shape index (κ2) is 5.68. The van der Waals surface area contributed by atoms with E-state index in [2.05, 4.69) is 0 Å². The van der Waals surface area contributed by atoms with Crippen LogP contribution in [-0.4, -0.2) is 33.5 Å². The van der Waals surface area contributed by atoms with Gasteiger partial charge in [0.05, 0.1) is 12.8 Å². The Morgan fingerprint density at radius 1 is 1.18 bits per heavy atom.